The number of benzene rings is 9. The molecule has 1 aromatic heterocycles. The monoisotopic (exact) mass is 663 g/mol. The van der Waals surface area contributed by atoms with Crippen molar-refractivity contribution in [3.05, 3.63) is 200 Å². The minimum absolute atomic E-state index is 0.905. The van der Waals surface area contributed by atoms with Gasteiger partial charge in [0.1, 0.15) is 11.2 Å². The van der Waals surface area contributed by atoms with E-state index in [1.807, 2.05) is 12.1 Å². The van der Waals surface area contributed by atoms with Gasteiger partial charge in [-0.25, -0.2) is 0 Å². The average molecular weight is 664 g/mol. The minimum Gasteiger partial charge on any atom is -0.456 e. The number of fused-ring (bicyclic) bond motifs is 5. The fraction of sp³-hybridized carbons (Fsp3) is 0. The molecular weight excluding hydrogens is 631 g/mol. The van der Waals surface area contributed by atoms with Crippen molar-refractivity contribution in [1.82, 2.24) is 0 Å². The molecule has 0 amide bonds. The molecule has 0 aliphatic heterocycles. The smallest absolute Gasteiger partial charge is 0.136 e. The van der Waals surface area contributed by atoms with E-state index in [-0.39, 0.29) is 0 Å². The second-order valence-corrected chi connectivity index (χ2v) is 13.4. The Morgan fingerprint density at radius 1 is 0.269 bits per heavy atom. The fourth-order valence-corrected chi connectivity index (χ4v) is 7.50. The van der Waals surface area contributed by atoms with Crippen LogP contribution in [0.25, 0.3) is 76.9 Å². The number of hydrogen-bond donors (Lipinski definition) is 0. The normalized spacial score (nSPS) is 11.5. The molecule has 0 unspecified atom stereocenters. The Morgan fingerprint density at radius 2 is 0.654 bits per heavy atom. The van der Waals surface area contributed by atoms with Crippen LogP contribution in [-0.2, 0) is 0 Å². The van der Waals surface area contributed by atoms with E-state index < -0.39 is 0 Å². The summed E-state index contributed by atoms with van der Waals surface area (Å²) >= 11 is 0. The molecule has 0 N–H and O–H groups in total. The van der Waals surface area contributed by atoms with Gasteiger partial charge in [-0.1, -0.05) is 133 Å². The second-order valence-electron chi connectivity index (χ2n) is 13.4. The maximum atomic E-state index is 6.21. The van der Waals surface area contributed by atoms with Gasteiger partial charge >= 0.3 is 0 Å². The lowest BCUT2D eigenvalue weighted by molar-refractivity contribution is 0.669. The summed E-state index contributed by atoms with van der Waals surface area (Å²) in [5.41, 5.74) is 12.2. The van der Waals surface area contributed by atoms with Crippen molar-refractivity contribution < 1.29 is 4.42 Å². The molecule has 10 rings (SSSR count). The van der Waals surface area contributed by atoms with Crippen LogP contribution in [0.2, 0.25) is 0 Å². The first-order valence-electron chi connectivity index (χ1n) is 17.7. The lowest BCUT2D eigenvalue weighted by Crippen LogP contribution is -2.09. The van der Waals surface area contributed by atoms with Crippen LogP contribution in [0.4, 0.5) is 17.1 Å². The molecule has 10 aromatic rings. The summed E-state index contributed by atoms with van der Waals surface area (Å²) in [5, 5.41) is 7.28. The van der Waals surface area contributed by atoms with Crippen molar-refractivity contribution in [1.29, 1.82) is 0 Å². The fourth-order valence-electron chi connectivity index (χ4n) is 7.50. The number of anilines is 3. The van der Waals surface area contributed by atoms with Crippen LogP contribution in [0.5, 0.6) is 0 Å². The van der Waals surface area contributed by atoms with E-state index in [4.69, 9.17) is 4.42 Å². The van der Waals surface area contributed by atoms with Gasteiger partial charge in [0.05, 0.1) is 0 Å². The molecule has 0 spiro atoms. The highest BCUT2D eigenvalue weighted by atomic mass is 16.3. The molecule has 9 aromatic carbocycles. The van der Waals surface area contributed by atoms with E-state index in [9.17, 15) is 0 Å². The maximum Gasteiger partial charge on any atom is 0.136 e. The summed E-state index contributed by atoms with van der Waals surface area (Å²) in [6, 6.07) is 71.8. The average Bonchev–Trinajstić information content (AvgIpc) is 3.59. The summed E-state index contributed by atoms with van der Waals surface area (Å²) in [7, 11) is 0. The van der Waals surface area contributed by atoms with Gasteiger partial charge in [-0.3, -0.25) is 0 Å². The largest absolute Gasteiger partial charge is 0.456 e. The molecule has 52 heavy (non-hydrogen) atoms. The van der Waals surface area contributed by atoms with Gasteiger partial charge in [-0.2, -0.15) is 0 Å². The van der Waals surface area contributed by atoms with Crippen molar-refractivity contribution in [3.8, 4) is 33.4 Å². The molecule has 2 heteroatoms. The Morgan fingerprint density at radius 3 is 1.17 bits per heavy atom. The third-order valence-electron chi connectivity index (χ3n) is 10.3. The molecule has 0 aliphatic rings. The lowest BCUT2D eigenvalue weighted by Gasteiger charge is -2.26. The first kappa shape index (κ1) is 30.0. The van der Waals surface area contributed by atoms with Crippen LogP contribution in [0.15, 0.2) is 205 Å². The molecule has 244 valence electrons. The summed E-state index contributed by atoms with van der Waals surface area (Å²) in [6.45, 7) is 0. The first-order valence-corrected chi connectivity index (χ1v) is 17.7. The van der Waals surface area contributed by atoms with Crippen LogP contribution in [0, 0.1) is 0 Å². The molecule has 1 heterocycles. The number of hydrogen-bond acceptors (Lipinski definition) is 2. The lowest BCUT2D eigenvalue weighted by atomic mass is 10.00. The summed E-state index contributed by atoms with van der Waals surface area (Å²) in [6.07, 6.45) is 0. The van der Waals surface area contributed by atoms with E-state index in [0.717, 1.165) is 50.1 Å². The van der Waals surface area contributed by atoms with E-state index >= 15 is 0 Å². The molecular formula is C50H33NO. The number of furan rings is 1. The van der Waals surface area contributed by atoms with Gasteiger partial charge in [0.15, 0.2) is 0 Å². The minimum atomic E-state index is 0.905. The van der Waals surface area contributed by atoms with Crippen LogP contribution < -0.4 is 4.90 Å². The molecule has 0 fully saturated rings. The third kappa shape index (κ3) is 5.39. The summed E-state index contributed by atoms with van der Waals surface area (Å²) in [5.74, 6) is 0. The molecule has 2 nitrogen and oxygen atoms in total. The Labute approximate surface area is 302 Å². The Hall–Kier alpha value is -6.90. The Bertz CT molecular complexity index is 2760. The topological polar surface area (TPSA) is 16.4 Å². The van der Waals surface area contributed by atoms with Crippen molar-refractivity contribution in [2.75, 3.05) is 4.90 Å². The zero-order chi connectivity index (χ0) is 34.4. The van der Waals surface area contributed by atoms with Gasteiger partial charge < -0.3 is 9.32 Å². The molecule has 0 saturated carbocycles. The predicted molar refractivity (Wildman–Crippen MR) is 220 cm³/mol. The van der Waals surface area contributed by atoms with Gasteiger partial charge in [0, 0.05) is 27.8 Å². The quantitative estimate of drug-likeness (QED) is 0.176. The highest BCUT2D eigenvalue weighted by Crippen LogP contribution is 2.39. The molecule has 0 atom stereocenters. The van der Waals surface area contributed by atoms with Crippen LogP contribution in [0.1, 0.15) is 0 Å². The van der Waals surface area contributed by atoms with Crippen molar-refractivity contribution in [3.63, 3.8) is 0 Å². The third-order valence-corrected chi connectivity index (χ3v) is 10.3. The standard InChI is InChI=1S/C50H33NO/c1-3-9-39-31-41(15-13-34(39)7-1)36-17-24-44(25-18-36)51(45-26-19-37(20-27-45)42-16-14-35-8-2-4-10-40(35)32-42)46-28-21-38(22-29-46)43-23-30-48-47-11-5-6-12-49(47)52-50(48)33-43/h1-33H. The summed E-state index contributed by atoms with van der Waals surface area (Å²) in [4.78, 5) is 2.33. The van der Waals surface area contributed by atoms with Crippen LogP contribution in [-0.4, -0.2) is 0 Å². The highest BCUT2D eigenvalue weighted by molar-refractivity contribution is 6.06. The number of para-hydroxylation sites is 1. The maximum absolute atomic E-state index is 6.21. The van der Waals surface area contributed by atoms with E-state index in [1.165, 1.54) is 43.8 Å². The number of nitrogens with zero attached hydrogens (tertiary/aromatic N) is 1. The zero-order valence-electron chi connectivity index (χ0n) is 28.4. The van der Waals surface area contributed by atoms with Gasteiger partial charge in [0.25, 0.3) is 0 Å². The van der Waals surface area contributed by atoms with Crippen molar-refractivity contribution >= 4 is 60.5 Å². The number of rotatable bonds is 6. The highest BCUT2D eigenvalue weighted by Gasteiger charge is 2.15. The molecule has 0 saturated heterocycles. The second kappa shape index (κ2) is 12.5. The molecule has 0 radical (unpaired) electrons. The van der Waals surface area contributed by atoms with E-state index in [0.29, 0.717) is 0 Å². The van der Waals surface area contributed by atoms with Crippen LogP contribution in [0.3, 0.4) is 0 Å². The van der Waals surface area contributed by atoms with Crippen LogP contribution >= 0.6 is 0 Å². The summed E-state index contributed by atoms with van der Waals surface area (Å²) < 4.78 is 6.21. The van der Waals surface area contributed by atoms with E-state index in [1.54, 1.807) is 0 Å². The van der Waals surface area contributed by atoms with Gasteiger partial charge in [-0.05, 0) is 122 Å². The SMILES string of the molecule is c1ccc2cc(-c3ccc(N(c4ccc(-c5ccc6ccccc6c5)cc4)c4ccc(-c5ccc6c(c5)oc5ccccc56)cc4)cc3)ccc2c1. The van der Waals surface area contributed by atoms with Gasteiger partial charge in [0.2, 0.25) is 0 Å². The Balaban J connectivity index is 1.02. The van der Waals surface area contributed by atoms with E-state index in [2.05, 4.69) is 193 Å². The Kier molecular flexibility index (Phi) is 7.18. The molecule has 0 bridgehead atoms. The first-order chi connectivity index (χ1) is 25.7. The van der Waals surface area contributed by atoms with Gasteiger partial charge in [-0.15, -0.1) is 0 Å². The van der Waals surface area contributed by atoms with Crippen molar-refractivity contribution in [2.24, 2.45) is 0 Å². The van der Waals surface area contributed by atoms with Crippen molar-refractivity contribution in [2.45, 2.75) is 0 Å². The molecule has 0 aliphatic carbocycles. The predicted octanol–water partition coefficient (Wildman–Crippen LogP) is 14.4. The zero-order valence-corrected chi connectivity index (χ0v) is 28.4.